The van der Waals surface area contributed by atoms with Crippen molar-refractivity contribution >= 4 is 5.97 Å². The highest BCUT2D eigenvalue weighted by Crippen LogP contribution is 2.43. The summed E-state index contributed by atoms with van der Waals surface area (Å²) < 4.78 is 5.75. The van der Waals surface area contributed by atoms with E-state index in [2.05, 4.69) is 51.1 Å². The first kappa shape index (κ1) is 18.5. The summed E-state index contributed by atoms with van der Waals surface area (Å²) in [4.78, 5) is 12.0. The number of carbonyl (C=O) groups excluding carboxylic acids is 1. The fourth-order valence-electron chi connectivity index (χ4n) is 3.64. The summed E-state index contributed by atoms with van der Waals surface area (Å²) in [5.74, 6) is 0.712. The Morgan fingerprint density at radius 1 is 1.17 bits per heavy atom. The van der Waals surface area contributed by atoms with Gasteiger partial charge in [-0.1, -0.05) is 69.3 Å². The summed E-state index contributed by atoms with van der Waals surface area (Å²) in [5, 5.41) is 0. The molecule has 1 aromatic carbocycles. The van der Waals surface area contributed by atoms with Crippen LogP contribution in [0.25, 0.3) is 0 Å². The van der Waals surface area contributed by atoms with Gasteiger partial charge in [-0.25, -0.2) is 4.79 Å². The van der Waals surface area contributed by atoms with Gasteiger partial charge in [-0.15, -0.1) is 0 Å². The molecule has 0 spiro atoms. The molecule has 0 N–H and O–H groups in total. The SMILES string of the molecule is C/C=C/C=C/C(=O)O[C@@H]1C[C@H](C(C)(C)c2ccccc2)CC[C@@H]1C. The number of rotatable bonds is 5. The first-order valence-corrected chi connectivity index (χ1v) is 9.00. The van der Waals surface area contributed by atoms with Crippen molar-refractivity contribution in [2.24, 2.45) is 11.8 Å². The lowest BCUT2D eigenvalue weighted by Gasteiger charge is -2.42. The zero-order valence-corrected chi connectivity index (χ0v) is 15.4. The smallest absolute Gasteiger partial charge is 0.331 e. The molecule has 0 aromatic heterocycles. The molecule has 2 rings (SSSR count). The number of hydrogen-bond donors (Lipinski definition) is 0. The molecular formula is C22H30O2. The molecule has 0 radical (unpaired) electrons. The van der Waals surface area contributed by atoms with Gasteiger partial charge in [0.2, 0.25) is 0 Å². The second kappa shape index (κ2) is 8.32. The monoisotopic (exact) mass is 326 g/mol. The second-order valence-corrected chi connectivity index (χ2v) is 7.44. The molecule has 0 bridgehead atoms. The van der Waals surface area contributed by atoms with Crippen LogP contribution in [0.15, 0.2) is 54.6 Å². The predicted octanol–water partition coefficient (Wildman–Crippen LogP) is 5.44. The predicted molar refractivity (Wildman–Crippen MR) is 99.8 cm³/mol. The standard InChI is InChI=1S/C22H30O2/c1-5-6-8-13-21(23)24-20-16-19(15-14-17(20)2)22(3,4)18-11-9-7-10-12-18/h5-13,17,19-20H,14-16H2,1-4H3/b6-5+,13-8+/t17-,19+,20+/m0/s1. The van der Waals surface area contributed by atoms with Gasteiger partial charge in [-0.05, 0) is 49.0 Å². The number of ether oxygens (including phenoxy) is 1. The van der Waals surface area contributed by atoms with E-state index in [9.17, 15) is 4.79 Å². The van der Waals surface area contributed by atoms with E-state index < -0.39 is 0 Å². The zero-order chi connectivity index (χ0) is 17.6. The summed E-state index contributed by atoms with van der Waals surface area (Å²) >= 11 is 0. The second-order valence-electron chi connectivity index (χ2n) is 7.44. The normalized spacial score (nSPS) is 25.2. The van der Waals surface area contributed by atoms with E-state index in [4.69, 9.17) is 4.74 Å². The summed E-state index contributed by atoms with van der Waals surface area (Å²) in [6.07, 6.45) is 10.2. The molecule has 3 atom stereocenters. The third kappa shape index (κ3) is 4.59. The Morgan fingerprint density at radius 3 is 2.54 bits per heavy atom. The molecule has 0 amide bonds. The molecule has 0 aliphatic heterocycles. The lowest BCUT2D eigenvalue weighted by atomic mass is 9.65. The minimum Gasteiger partial charge on any atom is -0.459 e. The van der Waals surface area contributed by atoms with Crippen LogP contribution in [0.4, 0.5) is 0 Å². The van der Waals surface area contributed by atoms with E-state index in [0.29, 0.717) is 11.8 Å². The largest absolute Gasteiger partial charge is 0.459 e. The average Bonchev–Trinajstić information content (AvgIpc) is 2.58. The van der Waals surface area contributed by atoms with E-state index in [1.165, 1.54) is 18.1 Å². The number of hydrogen-bond acceptors (Lipinski definition) is 2. The summed E-state index contributed by atoms with van der Waals surface area (Å²) in [5.41, 5.74) is 1.45. The number of benzene rings is 1. The van der Waals surface area contributed by atoms with Crippen LogP contribution >= 0.6 is 0 Å². The molecule has 1 aliphatic rings. The van der Waals surface area contributed by atoms with Crippen molar-refractivity contribution in [2.45, 2.75) is 58.5 Å². The Bertz CT molecular complexity index is 583. The molecule has 24 heavy (non-hydrogen) atoms. The summed E-state index contributed by atoms with van der Waals surface area (Å²) in [7, 11) is 0. The molecule has 1 fully saturated rings. The van der Waals surface area contributed by atoms with Crippen molar-refractivity contribution in [2.75, 3.05) is 0 Å². The van der Waals surface area contributed by atoms with Gasteiger partial charge in [0, 0.05) is 6.08 Å². The van der Waals surface area contributed by atoms with Crippen LogP contribution in [-0.4, -0.2) is 12.1 Å². The van der Waals surface area contributed by atoms with Crippen LogP contribution in [0.3, 0.4) is 0 Å². The third-order valence-corrected chi connectivity index (χ3v) is 5.46. The topological polar surface area (TPSA) is 26.3 Å². The van der Waals surface area contributed by atoms with Gasteiger partial charge in [0.05, 0.1) is 0 Å². The minimum atomic E-state index is -0.233. The maximum absolute atomic E-state index is 12.0. The van der Waals surface area contributed by atoms with Crippen molar-refractivity contribution in [1.29, 1.82) is 0 Å². The van der Waals surface area contributed by atoms with Crippen molar-refractivity contribution in [3.8, 4) is 0 Å². The van der Waals surface area contributed by atoms with E-state index in [0.717, 1.165) is 12.8 Å². The molecule has 2 heteroatoms. The molecule has 1 aromatic rings. The van der Waals surface area contributed by atoms with Crippen LogP contribution in [0.2, 0.25) is 0 Å². The Morgan fingerprint density at radius 2 is 1.88 bits per heavy atom. The fraction of sp³-hybridized carbons (Fsp3) is 0.500. The van der Waals surface area contributed by atoms with Gasteiger partial charge in [0.1, 0.15) is 6.10 Å². The minimum absolute atomic E-state index is 0.00879. The molecule has 1 aliphatic carbocycles. The molecule has 130 valence electrons. The third-order valence-electron chi connectivity index (χ3n) is 5.46. The van der Waals surface area contributed by atoms with Crippen molar-refractivity contribution in [3.63, 3.8) is 0 Å². The number of allylic oxidation sites excluding steroid dienone is 3. The molecule has 0 heterocycles. The van der Waals surface area contributed by atoms with Gasteiger partial charge in [-0.3, -0.25) is 0 Å². The first-order valence-electron chi connectivity index (χ1n) is 9.00. The van der Waals surface area contributed by atoms with E-state index in [1.54, 1.807) is 6.08 Å². The number of esters is 1. The molecular weight excluding hydrogens is 296 g/mol. The van der Waals surface area contributed by atoms with E-state index >= 15 is 0 Å². The van der Waals surface area contributed by atoms with Gasteiger partial charge in [0.25, 0.3) is 0 Å². The van der Waals surface area contributed by atoms with Gasteiger partial charge < -0.3 is 4.74 Å². The quantitative estimate of drug-likeness (QED) is 0.409. The van der Waals surface area contributed by atoms with Crippen molar-refractivity contribution < 1.29 is 9.53 Å². The average molecular weight is 326 g/mol. The number of carbonyl (C=O) groups is 1. The van der Waals surface area contributed by atoms with Crippen molar-refractivity contribution in [3.05, 3.63) is 60.2 Å². The molecule has 2 nitrogen and oxygen atoms in total. The summed E-state index contributed by atoms with van der Waals surface area (Å²) in [6, 6.07) is 10.7. The van der Waals surface area contributed by atoms with Crippen LogP contribution in [0, 0.1) is 11.8 Å². The highest BCUT2D eigenvalue weighted by molar-refractivity contribution is 5.82. The van der Waals surface area contributed by atoms with E-state index in [-0.39, 0.29) is 17.5 Å². The van der Waals surface area contributed by atoms with Gasteiger partial charge >= 0.3 is 5.97 Å². The van der Waals surface area contributed by atoms with Crippen LogP contribution in [-0.2, 0) is 14.9 Å². The Labute approximate surface area is 146 Å². The van der Waals surface area contributed by atoms with E-state index in [1.807, 2.05) is 19.1 Å². The summed E-state index contributed by atoms with van der Waals surface area (Å²) in [6.45, 7) is 8.75. The molecule has 1 saturated carbocycles. The maximum atomic E-state index is 12.0. The van der Waals surface area contributed by atoms with Crippen LogP contribution in [0.1, 0.15) is 52.5 Å². The van der Waals surface area contributed by atoms with Gasteiger partial charge in [0.15, 0.2) is 0 Å². The lowest BCUT2D eigenvalue weighted by molar-refractivity contribution is -0.148. The maximum Gasteiger partial charge on any atom is 0.331 e. The Balaban J connectivity index is 2.06. The Kier molecular flexibility index (Phi) is 6.42. The zero-order valence-electron chi connectivity index (χ0n) is 15.4. The molecule has 0 saturated heterocycles. The van der Waals surface area contributed by atoms with Crippen LogP contribution < -0.4 is 0 Å². The van der Waals surface area contributed by atoms with Crippen molar-refractivity contribution in [1.82, 2.24) is 0 Å². The van der Waals surface area contributed by atoms with Crippen LogP contribution in [0.5, 0.6) is 0 Å². The van der Waals surface area contributed by atoms with Gasteiger partial charge in [-0.2, -0.15) is 0 Å². The highest BCUT2D eigenvalue weighted by Gasteiger charge is 2.38. The fourth-order valence-corrected chi connectivity index (χ4v) is 3.64. The lowest BCUT2D eigenvalue weighted by Crippen LogP contribution is -2.39. The molecule has 0 unspecified atom stereocenters. The Hall–Kier alpha value is -1.83. The highest BCUT2D eigenvalue weighted by atomic mass is 16.5. The first-order chi connectivity index (χ1) is 11.4.